The second-order valence-electron chi connectivity index (χ2n) is 9.04. The van der Waals surface area contributed by atoms with Crippen molar-refractivity contribution in [1.82, 2.24) is 10.2 Å². The molecule has 2 aliphatic carbocycles. The van der Waals surface area contributed by atoms with E-state index in [-0.39, 0.29) is 24.2 Å². The Morgan fingerprint density at radius 2 is 1.69 bits per heavy atom. The van der Waals surface area contributed by atoms with E-state index in [9.17, 15) is 19.5 Å². The van der Waals surface area contributed by atoms with Gasteiger partial charge in [0.15, 0.2) is 0 Å². The monoisotopic (exact) mass is 502 g/mol. The van der Waals surface area contributed by atoms with Gasteiger partial charge in [-0.3, -0.25) is 4.79 Å². The SMILES string of the molecule is O=C(NC(C1CC1)C(F)(F)C(=O)N1CSC[C@H]1C(=O)O)OCC1c2ccccc2-c2ccccc21. The van der Waals surface area contributed by atoms with Gasteiger partial charge in [-0.15, -0.1) is 11.8 Å². The Kier molecular flexibility index (Phi) is 6.16. The molecule has 2 N–H and O–H groups in total. The number of thioether (sulfide) groups is 1. The van der Waals surface area contributed by atoms with E-state index < -0.39 is 41.9 Å². The van der Waals surface area contributed by atoms with Crippen molar-refractivity contribution in [3.8, 4) is 11.1 Å². The van der Waals surface area contributed by atoms with Crippen LogP contribution in [-0.4, -0.2) is 64.2 Å². The summed E-state index contributed by atoms with van der Waals surface area (Å²) in [5.41, 5.74) is 4.07. The molecule has 0 radical (unpaired) electrons. The molecule has 2 amide bonds. The second kappa shape index (κ2) is 9.14. The molecule has 184 valence electrons. The van der Waals surface area contributed by atoms with Crippen LogP contribution in [0.2, 0.25) is 0 Å². The van der Waals surface area contributed by atoms with Crippen molar-refractivity contribution in [3.63, 3.8) is 0 Å². The van der Waals surface area contributed by atoms with E-state index in [1.54, 1.807) is 0 Å². The maximum Gasteiger partial charge on any atom is 0.407 e. The molecule has 5 rings (SSSR count). The first kappa shape index (κ1) is 23.6. The first-order valence-electron chi connectivity index (χ1n) is 11.4. The molecule has 7 nitrogen and oxygen atoms in total. The number of nitrogens with one attached hydrogen (secondary N) is 1. The van der Waals surface area contributed by atoms with E-state index in [1.807, 2.05) is 48.5 Å². The van der Waals surface area contributed by atoms with E-state index >= 15 is 8.78 Å². The van der Waals surface area contributed by atoms with Gasteiger partial charge in [-0.1, -0.05) is 48.5 Å². The van der Waals surface area contributed by atoms with Crippen molar-refractivity contribution in [2.45, 2.75) is 36.8 Å². The first-order chi connectivity index (χ1) is 16.8. The lowest BCUT2D eigenvalue weighted by atomic mass is 9.98. The van der Waals surface area contributed by atoms with Crippen LogP contribution in [-0.2, 0) is 14.3 Å². The van der Waals surface area contributed by atoms with Crippen LogP contribution in [0.5, 0.6) is 0 Å². The smallest absolute Gasteiger partial charge is 0.407 e. The molecule has 35 heavy (non-hydrogen) atoms. The van der Waals surface area contributed by atoms with E-state index in [4.69, 9.17) is 4.74 Å². The van der Waals surface area contributed by atoms with Gasteiger partial charge in [-0.25, -0.2) is 9.59 Å². The second-order valence-corrected chi connectivity index (χ2v) is 10.0. The number of carbonyl (C=O) groups is 3. The molecular weight excluding hydrogens is 478 g/mol. The summed E-state index contributed by atoms with van der Waals surface area (Å²) in [6.45, 7) is -0.0411. The number of carboxylic acids is 1. The number of hydrogen-bond acceptors (Lipinski definition) is 5. The largest absolute Gasteiger partial charge is 0.480 e. The third kappa shape index (κ3) is 4.35. The number of alkyl halides is 2. The molecule has 0 spiro atoms. The summed E-state index contributed by atoms with van der Waals surface area (Å²) in [7, 11) is 0. The minimum Gasteiger partial charge on any atom is -0.480 e. The molecule has 2 atom stereocenters. The fraction of sp³-hybridized carbons (Fsp3) is 0.400. The molecule has 1 unspecified atom stereocenters. The molecule has 1 aliphatic heterocycles. The van der Waals surface area contributed by atoms with Gasteiger partial charge >= 0.3 is 18.0 Å². The molecule has 0 bridgehead atoms. The Morgan fingerprint density at radius 1 is 1.09 bits per heavy atom. The highest BCUT2D eigenvalue weighted by molar-refractivity contribution is 7.99. The molecule has 0 aromatic heterocycles. The highest BCUT2D eigenvalue weighted by Gasteiger charge is 2.57. The summed E-state index contributed by atoms with van der Waals surface area (Å²) in [5, 5.41) is 11.5. The molecule has 2 fully saturated rings. The van der Waals surface area contributed by atoms with E-state index in [2.05, 4.69) is 5.32 Å². The van der Waals surface area contributed by atoms with E-state index in [1.165, 1.54) is 0 Å². The quantitative estimate of drug-likeness (QED) is 0.596. The van der Waals surface area contributed by atoms with Crippen molar-refractivity contribution in [2.24, 2.45) is 5.92 Å². The zero-order valence-electron chi connectivity index (χ0n) is 18.7. The van der Waals surface area contributed by atoms with Crippen LogP contribution < -0.4 is 5.32 Å². The van der Waals surface area contributed by atoms with Crippen LogP contribution in [0.4, 0.5) is 13.6 Å². The van der Waals surface area contributed by atoms with Crippen LogP contribution >= 0.6 is 11.8 Å². The lowest BCUT2D eigenvalue weighted by Gasteiger charge is -2.31. The van der Waals surface area contributed by atoms with Gasteiger partial charge in [-0.2, -0.15) is 8.78 Å². The summed E-state index contributed by atoms with van der Waals surface area (Å²) in [4.78, 5) is 37.4. The van der Waals surface area contributed by atoms with Crippen molar-refractivity contribution < 1.29 is 33.0 Å². The molecule has 1 heterocycles. The Morgan fingerprint density at radius 3 is 2.26 bits per heavy atom. The Balaban J connectivity index is 1.28. The van der Waals surface area contributed by atoms with Crippen molar-refractivity contribution >= 4 is 29.7 Å². The van der Waals surface area contributed by atoms with Crippen LogP contribution in [0.3, 0.4) is 0 Å². The Labute approximate surface area is 204 Å². The fourth-order valence-corrected chi connectivity index (χ4v) is 6.02. The van der Waals surface area contributed by atoms with Gasteiger partial charge in [0, 0.05) is 11.7 Å². The molecule has 10 heteroatoms. The van der Waals surface area contributed by atoms with E-state index in [0.29, 0.717) is 17.7 Å². The van der Waals surface area contributed by atoms with Gasteiger partial charge in [-0.05, 0) is 41.0 Å². The predicted molar refractivity (Wildman–Crippen MR) is 125 cm³/mol. The van der Waals surface area contributed by atoms with Crippen LogP contribution in [0.15, 0.2) is 48.5 Å². The zero-order chi connectivity index (χ0) is 24.7. The molecule has 1 saturated carbocycles. The number of rotatable bonds is 7. The normalized spacial score (nSPS) is 20.2. The van der Waals surface area contributed by atoms with Crippen molar-refractivity contribution in [1.29, 1.82) is 0 Å². The van der Waals surface area contributed by atoms with Crippen molar-refractivity contribution in [2.75, 3.05) is 18.2 Å². The van der Waals surface area contributed by atoms with Gasteiger partial charge in [0.05, 0.1) is 5.88 Å². The van der Waals surface area contributed by atoms with Gasteiger partial charge in [0.2, 0.25) is 0 Å². The minimum absolute atomic E-state index is 0.0411. The number of alkyl carbamates (subject to hydrolysis) is 1. The number of halogens is 2. The summed E-state index contributed by atoms with van der Waals surface area (Å²) in [6.07, 6.45) is -0.149. The first-order valence-corrected chi connectivity index (χ1v) is 12.6. The average molecular weight is 503 g/mol. The van der Waals surface area contributed by atoms with Crippen LogP contribution in [0.1, 0.15) is 29.9 Å². The topological polar surface area (TPSA) is 95.9 Å². The third-order valence-electron chi connectivity index (χ3n) is 6.81. The standard InChI is InChI=1S/C25H24F2N2O5S/c26-25(27,23(32)29-13-35-12-20(29)22(30)31)21(14-9-10-14)28-24(33)34-11-19-17-7-3-1-5-15(17)16-6-2-4-8-18(16)19/h1-8,14,19-21H,9-13H2,(H,28,33)(H,30,31)/t20-,21?/m0/s1. The number of ether oxygens (including phenoxy) is 1. The molecule has 3 aliphatic rings. The van der Waals surface area contributed by atoms with Crippen LogP contribution in [0, 0.1) is 5.92 Å². The highest BCUT2D eigenvalue weighted by Crippen LogP contribution is 2.45. The lowest BCUT2D eigenvalue weighted by molar-refractivity contribution is -0.167. The number of amides is 2. The maximum absolute atomic E-state index is 15.3. The number of fused-ring (bicyclic) bond motifs is 3. The summed E-state index contributed by atoms with van der Waals surface area (Å²) < 4.78 is 36.0. The Bertz CT molecular complexity index is 1130. The average Bonchev–Trinajstić information content (AvgIpc) is 3.46. The Hall–Kier alpha value is -3.14. The minimum atomic E-state index is -3.95. The number of benzene rings is 2. The van der Waals surface area contributed by atoms with Crippen molar-refractivity contribution in [3.05, 3.63) is 59.7 Å². The lowest BCUT2D eigenvalue weighted by Crippen LogP contribution is -2.59. The molecule has 1 saturated heterocycles. The molecule has 2 aromatic carbocycles. The van der Waals surface area contributed by atoms with Crippen LogP contribution in [0.25, 0.3) is 11.1 Å². The number of hydrogen-bond donors (Lipinski definition) is 2. The summed E-state index contributed by atoms with van der Waals surface area (Å²) in [5.74, 6) is -7.75. The fourth-order valence-electron chi connectivity index (χ4n) is 4.87. The van der Waals surface area contributed by atoms with Gasteiger partial charge < -0.3 is 20.1 Å². The number of carbonyl (C=O) groups excluding carboxylic acids is 2. The third-order valence-corrected chi connectivity index (χ3v) is 7.83. The summed E-state index contributed by atoms with van der Waals surface area (Å²) >= 11 is 1.10. The number of carboxylic acid groups (broad SMARTS) is 1. The maximum atomic E-state index is 15.3. The zero-order valence-corrected chi connectivity index (χ0v) is 19.5. The molecular formula is C25H24F2N2O5S. The predicted octanol–water partition coefficient (Wildman–Crippen LogP) is 3.93. The number of aliphatic carboxylic acids is 1. The van der Waals surface area contributed by atoms with Gasteiger partial charge in [0.25, 0.3) is 5.91 Å². The van der Waals surface area contributed by atoms with Gasteiger partial charge in [0.1, 0.15) is 18.7 Å². The highest BCUT2D eigenvalue weighted by atomic mass is 32.2. The number of nitrogens with zero attached hydrogens (tertiary/aromatic N) is 1. The molecule has 2 aromatic rings. The van der Waals surface area contributed by atoms with E-state index in [0.717, 1.165) is 34.0 Å². The summed E-state index contributed by atoms with van der Waals surface area (Å²) in [6, 6.07) is 12.5.